The summed E-state index contributed by atoms with van der Waals surface area (Å²) in [6.07, 6.45) is 0.252. The molecule has 0 spiro atoms. The Morgan fingerprint density at radius 3 is 2.10 bits per heavy atom. The van der Waals surface area contributed by atoms with E-state index < -0.39 is 0 Å². The molecule has 0 saturated heterocycles. The maximum atomic E-state index is 11.9. The number of carbonyl (C=O) groups excluding carboxylic acids is 3. The Kier molecular flexibility index (Phi) is 6.94. The van der Waals surface area contributed by atoms with E-state index in [2.05, 4.69) is 16.0 Å². The quantitative estimate of drug-likeness (QED) is 0.517. The predicted molar refractivity (Wildman–Crippen MR) is 80.2 cm³/mol. The molecule has 1 aromatic carbocycles. The van der Waals surface area contributed by atoms with Gasteiger partial charge in [0.25, 0.3) is 0 Å². The number of Topliss-reactive ketones (excluding diaryl/α,β-unsaturated/α-hetero) is 1. The van der Waals surface area contributed by atoms with Crippen LogP contribution in [0.15, 0.2) is 24.3 Å². The molecule has 0 saturated carbocycles. The van der Waals surface area contributed by atoms with Gasteiger partial charge in [-0.2, -0.15) is 0 Å². The third kappa shape index (κ3) is 7.10. The molecule has 21 heavy (non-hydrogen) atoms. The van der Waals surface area contributed by atoms with Crippen molar-refractivity contribution in [1.82, 2.24) is 16.0 Å². The van der Waals surface area contributed by atoms with Crippen LogP contribution in [0, 0.1) is 6.92 Å². The second-order valence-electron chi connectivity index (χ2n) is 4.70. The number of nitrogens with one attached hydrogen (secondary N) is 3. The summed E-state index contributed by atoms with van der Waals surface area (Å²) in [4.78, 5) is 33.9. The fourth-order valence-electron chi connectivity index (χ4n) is 1.65. The highest BCUT2D eigenvalue weighted by Crippen LogP contribution is 2.05. The minimum absolute atomic E-state index is 0.00598. The largest absolute Gasteiger partial charge is 0.355 e. The first kappa shape index (κ1) is 16.7. The van der Waals surface area contributed by atoms with Crippen molar-refractivity contribution in [3.63, 3.8) is 0 Å². The number of urea groups is 1. The van der Waals surface area contributed by atoms with Gasteiger partial charge in [-0.25, -0.2) is 4.79 Å². The lowest BCUT2D eigenvalue weighted by Crippen LogP contribution is -2.40. The molecule has 6 heteroatoms. The minimum Gasteiger partial charge on any atom is -0.355 e. The Labute approximate surface area is 124 Å². The summed E-state index contributed by atoms with van der Waals surface area (Å²) < 4.78 is 0. The number of carbonyl (C=O) groups is 3. The summed E-state index contributed by atoms with van der Waals surface area (Å²) in [6.45, 7) is 4.37. The molecule has 0 aromatic heterocycles. The summed E-state index contributed by atoms with van der Waals surface area (Å²) >= 11 is 0. The molecular weight excluding hydrogens is 270 g/mol. The number of benzene rings is 1. The summed E-state index contributed by atoms with van der Waals surface area (Å²) in [5, 5.41) is 7.75. The molecular formula is C15H21N3O3. The molecule has 6 nitrogen and oxygen atoms in total. The van der Waals surface area contributed by atoms with Crippen LogP contribution in [0.3, 0.4) is 0 Å². The highest BCUT2D eigenvalue weighted by atomic mass is 16.2. The smallest absolute Gasteiger partial charge is 0.314 e. The summed E-state index contributed by atoms with van der Waals surface area (Å²) in [7, 11) is 0. The highest BCUT2D eigenvalue weighted by molar-refractivity contribution is 5.96. The number of hydrogen-bond donors (Lipinski definition) is 3. The number of hydrogen-bond acceptors (Lipinski definition) is 3. The number of ketones is 1. The van der Waals surface area contributed by atoms with Gasteiger partial charge in [0.1, 0.15) is 0 Å². The lowest BCUT2D eigenvalue weighted by atomic mass is 10.1. The molecule has 0 radical (unpaired) electrons. The van der Waals surface area contributed by atoms with E-state index in [1.54, 1.807) is 12.1 Å². The standard InChI is InChI=1S/C15H21N3O3/c1-11-3-5-13(6-4-11)14(20)7-8-17-15(21)18-10-9-16-12(2)19/h3-6H,7-10H2,1-2H3,(H,16,19)(H2,17,18,21). The Morgan fingerprint density at radius 1 is 0.905 bits per heavy atom. The van der Waals surface area contributed by atoms with Crippen molar-refractivity contribution in [2.24, 2.45) is 0 Å². The van der Waals surface area contributed by atoms with Gasteiger partial charge in [-0.3, -0.25) is 9.59 Å². The first-order valence-corrected chi connectivity index (χ1v) is 6.85. The third-order valence-corrected chi connectivity index (χ3v) is 2.80. The van der Waals surface area contributed by atoms with Gasteiger partial charge in [-0.05, 0) is 6.92 Å². The van der Waals surface area contributed by atoms with Gasteiger partial charge in [0, 0.05) is 38.5 Å². The van der Waals surface area contributed by atoms with Gasteiger partial charge < -0.3 is 16.0 Å². The fraction of sp³-hybridized carbons (Fsp3) is 0.400. The van der Waals surface area contributed by atoms with Gasteiger partial charge in [-0.15, -0.1) is 0 Å². The van der Waals surface area contributed by atoms with E-state index in [1.165, 1.54) is 6.92 Å². The van der Waals surface area contributed by atoms with Gasteiger partial charge in [0.2, 0.25) is 5.91 Å². The molecule has 0 unspecified atom stereocenters. The zero-order chi connectivity index (χ0) is 15.7. The van der Waals surface area contributed by atoms with Crippen LogP contribution in [0.1, 0.15) is 29.3 Å². The third-order valence-electron chi connectivity index (χ3n) is 2.80. The Bertz CT molecular complexity index is 497. The lowest BCUT2D eigenvalue weighted by molar-refractivity contribution is -0.118. The average Bonchev–Trinajstić information content (AvgIpc) is 2.44. The number of amides is 3. The number of aryl methyl sites for hydroxylation is 1. The highest BCUT2D eigenvalue weighted by Gasteiger charge is 2.06. The van der Waals surface area contributed by atoms with E-state index in [4.69, 9.17) is 0 Å². The fourth-order valence-corrected chi connectivity index (χ4v) is 1.65. The monoisotopic (exact) mass is 291 g/mol. The summed E-state index contributed by atoms with van der Waals surface area (Å²) in [6, 6.07) is 6.98. The Morgan fingerprint density at radius 2 is 1.48 bits per heavy atom. The predicted octanol–water partition coefficient (Wildman–Crippen LogP) is 1.00. The van der Waals surface area contributed by atoms with E-state index in [1.807, 2.05) is 19.1 Å². The molecule has 3 amide bonds. The Balaban J connectivity index is 2.17. The van der Waals surface area contributed by atoms with Crippen molar-refractivity contribution in [2.45, 2.75) is 20.3 Å². The van der Waals surface area contributed by atoms with Gasteiger partial charge >= 0.3 is 6.03 Å². The second-order valence-corrected chi connectivity index (χ2v) is 4.70. The Hall–Kier alpha value is -2.37. The maximum absolute atomic E-state index is 11.9. The van der Waals surface area contributed by atoms with E-state index >= 15 is 0 Å². The van der Waals surface area contributed by atoms with Crippen LogP contribution in [0.5, 0.6) is 0 Å². The van der Waals surface area contributed by atoms with Crippen LogP contribution in [-0.4, -0.2) is 37.4 Å². The van der Waals surface area contributed by atoms with E-state index in [0.29, 0.717) is 18.7 Å². The van der Waals surface area contributed by atoms with Crippen molar-refractivity contribution in [3.05, 3.63) is 35.4 Å². The molecule has 0 aliphatic heterocycles. The SMILES string of the molecule is CC(=O)NCCNC(=O)NCCC(=O)c1ccc(C)cc1. The van der Waals surface area contributed by atoms with Crippen molar-refractivity contribution >= 4 is 17.7 Å². The maximum Gasteiger partial charge on any atom is 0.314 e. The van der Waals surface area contributed by atoms with Crippen LogP contribution < -0.4 is 16.0 Å². The second kappa shape index (κ2) is 8.73. The molecule has 0 atom stereocenters. The first-order valence-electron chi connectivity index (χ1n) is 6.85. The molecule has 0 aliphatic carbocycles. The van der Waals surface area contributed by atoms with Crippen molar-refractivity contribution < 1.29 is 14.4 Å². The van der Waals surface area contributed by atoms with Gasteiger partial charge in [0.15, 0.2) is 5.78 Å². The molecule has 114 valence electrons. The first-order chi connectivity index (χ1) is 9.99. The van der Waals surface area contributed by atoms with Gasteiger partial charge in [0.05, 0.1) is 0 Å². The number of rotatable bonds is 7. The van der Waals surface area contributed by atoms with Crippen LogP contribution >= 0.6 is 0 Å². The van der Waals surface area contributed by atoms with Crippen LogP contribution in [0.2, 0.25) is 0 Å². The van der Waals surface area contributed by atoms with E-state index in [0.717, 1.165) is 5.56 Å². The van der Waals surface area contributed by atoms with Crippen LogP contribution in [0.25, 0.3) is 0 Å². The van der Waals surface area contributed by atoms with Crippen molar-refractivity contribution in [2.75, 3.05) is 19.6 Å². The molecule has 0 fully saturated rings. The lowest BCUT2D eigenvalue weighted by Gasteiger charge is -2.07. The summed E-state index contributed by atoms with van der Waals surface area (Å²) in [5.74, 6) is -0.144. The van der Waals surface area contributed by atoms with E-state index in [-0.39, 0.29) is 30.7 Å². The molecule has 0 heterocycles. The zero-order valence-electron chi connectivity index (χ0n) is 12.4. The van der Waals surface area contributed by atoms with Crippen molar-refractivity contribution in [3.8, 4) is 0 Å². The molecule has 1 rings (SSSR count). The molecule has 1 aromatic rings. The summed E-state index contributed by atoms with van der Waals surface area (Å²) in [5.41, 5.74) is 1.75. The molecule has 0 bridgehead atoms. The molecule has 3 N–H and O–H groups in total. The van der Waals surface area contributed by atoms with Crippen molar-refractivity contribution in [1.29, 1.82) is 0 Å². The van der Waals surface area contributed by atoms with Gasteiger partial charge in [-0.1, -0.05) is 29.8 Å². The minimum atomic E-state index is -0.350. The van der Waals surface area contributed by atoms with Crippen LogP contribution in [-0.2, 0) is 4.79 Å². The molecule has 0 aliphatic rings. The van der Waals surface area contributed by atoms with Crippen LogP contribution in [0.4, 0.5) is 4.79 Å². The topological polar surface area (TPSA) is 87.3 Å². The average molecular weight is 291 g/mol. The normalized spacial score (nSPS) is 9.81. The van der Waals surface area contributed by atoms with E-state index in [9.17, 15) is 14.4 Å². The zero-order valence-corrected chi connectivity index (χ0v) is 12.4.